The van der Waals surface area contributed by atoms with Crippen molar-refractivity contribution in [1.29, 1.82) is 0 Å². The van der Waals surface area contributed by atoms with Gasteiger partial charge in [-0.2, -0.15) is 0 Å². The van der Waals surface area contributed by atoms with Crippen LogP contribution in [0.5, 0.6) is 0 Å². The fraction of sp³-hybridized carbons (Fsp3) is 0.944. The highest BCUT2D eigenvalue weighted by Crippen LogP contribution is 2.45. The summed E-state index contributed by atoms with van der Waals surface area (Å²) in [5, 5.41) is 10.6. The topological polar surface area (TPSA) is 237 Å². The largest absolute Gasteiger partial charge is 0.472 e. The van der Waals surface area contributed by atoms with Crippen LogP contribution in [0.2, 0.25) is 0 Å². The Bertz CT molecular complexity index is 1750. The van der Waals surface area contributed by atoms with E-state index in [1.165, 1.54) is 193 Å². The smallest absolute Gasteiger partial charge is 0.462 e. The molecule has 3 N–H and O–H groups in total. The summed E-state index contributed by atoms with van der Waals surface area (Å²) >= 11 is 0. The van der Waals surface area contributed by atoms with Crippen LogP contribution in [-0.4, -0.2) is 96.7 Å². The first kappa shape index (κ1) is 89.1. The van der Waals surface area contributed by atoms with Gasteiger partial charge in [0.15, 0.2) is 12.2 Å². The van der Waals surface area contributed by atoms with Gasteiger partial charge < -0.3 is 33.8 Å². The number of unbranched alkanes of at least 4 members (excludes halogenated alkanes) is 44. The first-order valence-corrected chi connectivity index (χ1v) is 40.6. The number of carbonyl (C=O) groups excluding carboxylic acids is 4. The summed E-state index contributed by atoms with van der Waals surface area (Å²) in [5.41, 5.74) is 0. The summed E-state index contributed by atoms with van der Waals surface area (Å²) in [6, 6.07) is 0. The van der Waals surface area contributed by atoms with Crippen LogP contribution in [0, 0.1) is 5.92 Å². The molecule has 91 heavy (non-hydrogen) atoms. The van der Waals surface area contributed by atoms with E-state index in [-0.39, 0.29) is 25.7 Å². The van der Waals surface area contributed by atoms with Crippen LogP contribution in [-0.2, 0) is 65.4 Å². The van der Waals surface area contributed by atoms with Gasteiger partial charge in [0.25, 0.3) is 0 Å². The summed E-state index contributed by atoms with van der Waals surface area (Å²) in [4.78, 5) is 72.6. The van der Waals surface area contributed by atoms with E-state index in [2.05, 4.69) is 34.6 Å². The maximum Gasteiger partial charge on any atom is 0.472 e. The van der Waals surface area contributed by atoms with Gasteiger partial charge in [-0.25, -0.2) is 9.13 Å². The molecule has 540 valence electrons. The molecule has 19 heteroatoms. The summed E-state index contributed by atoms with van der Waals surface area (Å²) in [5.74, 6) is -1.41. The van der Waals surface area contributed by atoms with Crippen molar-refractivity contribution in [2.24, 2.45) is 5.92 Å². The molecule has 0 bridgehead atoms. The molecule has 0 radical (unpaired) electrons. The summed E-state index contributed by atoms with van der Waals surface area (Å²) < 4.78 is 68.4. The second-order valence-electron chi connectivity index (χ2n) is 26.5. The van der Waals surface area contributed by atoms with E-state index in [1.54, 1.807) is 0 Å². The molecule has 5 atom stereocenters. The van der Waals surface area contributed by atoms with Gasteiger partial charge in [-0.1, -0.05) is 324 Å². The van der Waals surface area contributed by atoms with Gasteiger partial charge in [-0.05, 0) is 31.6 Å². The van der Waals surface area contributed by atoms with E-state index in [0.29, 0.717) is 31.6 Å². The molecule has 0 saturated carbocycles. The number of carbonyl (C=O) groups is 4. The number of rotatable bonds is 72. The number of esters is 4. The zero-order valence-electron chi connectivity index (χ0n) is 59.0. The minimum absolute atomic E-state index is 0.107. The molecular formula is C72H140O17P2. The van der Waals surface area contributed by atoms with E-state index in [9.17, 15) is 43.2 Å². The molecule has 0 spiro atoms. The van der Waals surface area contributed by atoms with Gasteiger partial charge in [0.05, 0.1) is 26.4 Å². The third-order valence-electron chi connectivity index (χ3n) is 16.8. The molecule has 0 fully saturated rings. The van der Waals surface area contributed by atoms with Gasteiger partial charge >= 0.3 is 39.5 Å². The maximum atomic E-state index is 13.0. The van der Waals surface area contributed by atoms with Crippen molar-refractivity contribution in [2.45, 2.75) is 393 Å². The molecule has 0 aliphatic carbocycles. The second kappa shape index (κ2) is 65.4. The predicted molar refractivity (Wildman–Crippen MR) is 368 cm³/mol. The van der Waals surface area contributed by atoms with Gasteiger partial charge in [0.2, 0.25) is 0 Å². The molecule has 0 aromatic rings. The maximum absolute atomic E-state index is 13.0. The fourth-order valence-electron chi connectivity index (χ4n) is 11.0. The lowest BCUT2D eigenvalue weighted by atomic mass is 10.0. The van der Waals surface area contributed by atoms with Gasteiger partial charge in [-0.15, -0.1) is 0 Å². The number of hydrogen-bond donors (Lipinski definition) is 3. The van der Waals surface area contributed by atoms with Crippen molar-refractivity contribution in [3.63, 3.8) is 0 Å². The average molecular weight is 1340 g/mol. The lowest BCUT2D eigenvalue weighted by Crippen LogP contribution is -2.30. The lowest BCUT2D eigenvalue weighted by Gasteiger charge is -2.21. The van der Waals surface area contributed by atoms with E-state index >= 15 is 0 Å². The normalized spacial score (nSPS) is 14.0. The van der Waals surface area contributed by atoms with E-state index in [4.69, 9.17) is 37.0 Å². The van der Waals surface area contributed by atoms with Crippen LogP contribution in [0.25, 0.3) is 0 Å². The minimum Gasteiger partial charge on any atom is -0.462 e. The van der Waals surface area contributed by atoms with Crippen molar-refractivity contribution >= 4 is 39.5 Å². The number of phosphoric acid groups is 2. The number of ether oxygens (including phenoxy) is 4. The highest BCUT2D eigenvalue weighted by molar-refractivity contribution is 7.47. The number of aliphatic hydroxyl groups is 1. The Kier molecular flexibility index (Phi) is 64.0. The van der Waals surface area contributed by atoms with Crippen molar-refractivity contribution in [3.05, 3.63) is 0 Å². The molecule has 0 aromatic heterocycles. The number of aliphatic hydroxyl groups excluding tert-OH is 1. The molecule has 0 heterocycles. The van der Waals surface area contributed by atoms with Crippen molar-refractivity contribution < 1.29 is 80.2 Å². The van der Waals surface area contributed by atoms with Crippen LogP contribution in [0.15, 0.2) is 0 Å². The molecule has 2 unspecified atom stereocenters. The van der Waals surface area contributed by atoms with Gasteiger partial charge in [0, 0.05) is 25.7 Å². The van der Waals surface area contributed by atoms with E-state index < -0.39 is 97.5 Å². The van der Waals surface area contributed by atoms with Crippen LogP contribution < -0.4 is 0 Å². The minimum atomic E-state index is -4.95. The van der Waals surface area contributed by atoms with Crippen LogP contribution in [0.1, 0.15) is 375 Å². The Morgan fingerprint density at radius 3 is 0.747 bits per heavy atom. The fourth-order valence-corrected chi connectivity index (χ4v) is 12.6. The Morgan fingerprint density at radius 1 is 0.297 bits per heavy atom. The zero-order chi connectivity index (χ0) is 67.0. The number of phosphoric ester groups is 2. The molecule has 0 rings (SSSR count). The molecule has 0 saturated heterocycles. The van der Waals surface area contributed by atoms with Crippen LogP contribution in [0.4, 0.5) is 0 Å². The molecule has 0 amide bonds. The highest BCUT2D eigenvalue weighted by Gasteiger charge is 2.30. The van der Waals surface area contributed by atoms with Crippen molar-refractivity contribution in [1.82, 2.24) is 0 Å². The lowest BCUT2D eigenvalue weighted by molar-refractivity contribution is -0.161. The first-order chi connectivity index (χ1) is 44.0. The molecule has 0 aromatic carbocycles. The molecule has 0 aliphatic heterocycles. The Labute approximate surface area is 556 Å². The Morgan fingerprint density at radius 2 is 0.505 bits per heavy atom. The Hall–Kier alpha value is -1.94. The monoisotopic (exact) mass is 1340 g/mol. The number of hydrogen-bond acceptors (Lipinski definition) is 15. The second-order valence-corrected chi connectivity index (χ2v) is 29.4. The summed E-state index contributed by atoms with van der Waals surface area (Å²) in [7, 11) is -9.90. The van der Waals surface area contributed by atoms with E-state index in [1.807, 2.05) is 0 Å². The third kappa shape index (κ3) is 66.5. The average Bonchev–Trinajstić information content (AvgIpc) is 3.57. The molecule has 0 aliphatic rings. The van der Waals surface area contributed by atoms with Crippen LogP contribution >= 0.6 is 15.6 Å². The standard InChI is InChI=1S/C72H140O17P2/c1-6-9-12-15-18-21-24-27-30-32-35-40-45-50-55-69(74)82-61-67(88-72(77)58-53-48-42-37-34-31-28-25-22-19-16-13-10-7-2)63-86-90(78,79)84-59-66(73)60-85-91(80,81)87-64-68(62-83-70(75)56-51-46-43-38-39-44-49-54-65(4)5)89-71(76)57-52-47-41-36-33-29-26-23-20-17-14-11-8-3/h65-68,73H,6-64H2,1-5H3,(H,78,79)(H,80,81)/t66-,67-,68-/m1/s1. The van der Waals surface area contributed by atoms with Gasteiger partial charge in [0.1, 0.15) is 19.3 Å². The predicted octanol–water partition coefficient (Wildman–Crippen LogP) is 20.9. The Balaban J connectivity index is 5.25. The van der Waals surface area contributed by atoms with Crippen LogP contribution in [0.3, 0.4) is 0 Å². The zero-order valence-corrected chi connectivity index (χ0v) is 60.8. The first-order valence-electron chi connectivity index (χ1n) is 37.6. The van der Waals surface area contributed by atoms with Crippen molar-refractivity contribution in [3.8, 4) is 0 Å². The summed E-state index contributed by atoms with van der Waals surface area (Å²) in [6.07, 6.45) is 52.6. The SMILES string of the molecule is CCCCCCCCCCCCCCCCC(=O)OC[C@H](COP(=O)(O)OC[C@@H](O)COP(=O)(O)OC[C@@H](COC(=O)CCCCCCCCCC(C)C)OC(=O)CCCCCCCCCCCCCCC)OC(=O)CCCCCCCCCCCCCCCC. The quantitative estimate of drug-likeness (QED) is 0.0222. The van der Waals surface area contributed by atoms with E-state index in [0.717, 1.165) is 96.3 Å². The molecular weight excluding hydrogens is 1200 g/mol. The molecule has 17 nitrogen and oxygen atoms in total. The summed E-state index contributed by atoms with van der Waals surface area (Å²) in [6.45, 7) is 7.22. The third-order valence-corrected chi connectivity index (χ3v) is 18.7. The van der Waals surface area contributed by atoms with Gasteiger partial charge in [-0.3, -0.25) is 37.3 Å². The highest BCUT2D eigenvalue weighted by atomic mass is 31.2. The van der Waals surface area contributed by atoms with Crippen molar-refractivity contribution in [2.75, 3.05) is 39.6 Å².